The molecule has 0 spiro atoms. The summed E-state index contributed by atoms with van der Waals surface area (Å²) >= 11 is 0. The quantitative estimate of drug-likeness (QED) is 0.372. The summed E-state index contributed by atoms with van der Waals surface area (Å²) in [6, 6.07) is 15.6. The third-order valence-corrected chi connectivity index (χ3v) is 6.01. The fraction of sp³-hybridized carbons (Fsp3) is 0.222. The number of halogens is 1. The van der Waals surface area contributed by atoms with E-state index in [0.29, 0.717) is 24.8 Å². The fourth-order valence-corrected chi connectivity index (χ4v) is 3.78. The average molecular weight is 476 g/mol. The van der Waals surface area contributed by atoms with Crippen LogP contribution in [0.25, 0.3) is 6.08 Å². The average Bonchev–Trinajstić information content (AvgIpc) is 3.29. The van der Waals surface area contributed by atoms with Crippen LogP contribution in [0.2, 0.25) is 0 Å². The van der Waals surface area contributed by atoms with Crippen molar-refractivity contribution in [3.63, 3.8) is 0 Å². The molecule has 2 aromatic carbocycles. The fourth-order valence-electron chi connectivity index (χ4n) is 3.78. The molecule has 0 aliphatic carbocycles. The van der Waals surface area contributed by atoms with Crippen molar-refractivity contribution in [1.82, 2.24) is 9.88 Å². The Morgan fingerprint density at radius 2 is 1.74 bits per heavy atom. The zero-order valence-electron chi connectivity index (χ0n) is 19.5. The van der Waals surface area contributed by atoms with Gasteiger partial charge in [-0.25, -0.2) is 14.1 Å². The lowest BCUT2D eigenvalue weighted by Gasteiger charge is -2.26. The summed E-state index contributed by atoms with van der Waals surface area (Å²) < 4.78 is 21.0. The third-order valence-electron chi connectivity index (χ3n) is 6.01. The molecule has 1 aromatic heterocycles. The van der Waals surface area contributed by atoms with Crippen LogP contribution in [0.5, 0.6) is 5.75 Å². The molecule has 1 aliphatic heterocycles. The highest BCUT2D eigenvalue weighted by atomic mass is 19.1. The number of ether oxygens (including phenoxy) is 1. The number of anilines is 1. The third kappa shape index (κ3) is 5.32. The van der Waals surface area contributed by atoms with E-state index in [1.807, 2.05) is 22.9 Å². The molecule has 0 radical (unpaired) electrons. The first kappa shape index (κ1) is 23.9. The van der Waals surface area contributed by atoms with Gasteiger partial charge in [-0.2, -0.15) is 0 Å². The van der Waals surface area contributed by atoms with E-state index in [4.69, 9.17) is 4.74 Å². The molecule has 0 bridgehead atoms. The summed E-state index contributed by atoms with van der Waals surface area (Å²) in [5.74, 6) is -0.815. The Balaban J connectivity index is 1.47. The van der Waals surface area contributed by atoms with Crippen molar-refractivity contribution in [2.45, 2.75) is 32.7 Å². The Hall–Kier alpha value is -4.20. The summed E-state index contributed by atoms with van der Waals surface area (Å²) in [5, 5.41) is 2.17. The molecule has 35 heavy (non-hydrogen) atoms. The van der Waals surface area contributed by atoms with Gasteiger partial charge in [0.2, 0.25) is 0 Å². The standard InChI is InChI=1S/C27H26FN3O4/c1-3-18(2)19-6-12-23(13-7-19)35-16-15-30-14-4-5-22(30)17-24-25(32)29-27(34)31(26(24)33)21-10-8-20(28)9-11-21/h4-14,17-18H,3,15-16H2,1-2H3,(H,29,32,34)/b24-17-/t18-/m0/s1. The molecule has 1 saturated heterocycles. The van der Waals surface area contributed by atoms with Gasteiger partial charge in [-0.05, 0) is 72.5 Å². The molecule has 1 fully saturated rings. The molecule has 4 rings (SSSR count). The SMILES string of the molecule is CC[C@H](C)c1ccc(OCCn2cccc2/C=C2/C(=O)NC(=O)N(c3ccc(F)cc3)C2=O)cc1. The number of imide groups is 2. The van der Waals surface area contributed by atoms with Crippen LogP contribution < -0.4 is 15.0 Å². The first-order valence-electron chi connectivity index (χ1n) is 11.4. The number of aromatic nitrogens is 1. The van der Waals surface area contributed by atoms with Crippen LogP contribution in [0.15, 0.2) is 72.4 Å². The molecule has 0 saturated carbocycles. The van der Waals surface area contributed by atoms with Gasteiger partial charge >= 0.3 is 6.03 Å². The van der Waals surface area contributed by atoms with Crippen molar-refractivity contribution in [2.75, 3.05) is 11.5 Å². The predicted octanol–water partition coefficient (Wildman–Crippen LogP) is 4.89. The van der Waals surface area contributed by atoms with Crippen molar-refractivity contribution in [3.8, 4) is 5.75 Å². The Morgan fingerprint density at radius 3 is 2.43 bits per heavy atom. The van der Waals surface area contributed by atoms with Gasteiger partial charge in [0.1, 0.15) is 23.7 Å². The predicted molar refractivity (Wildman–Crippen MR) is 130 cm³/mol. The highest BCUT2D eigenvalue weighted by Gasteiger charge is 2.37. The van der Waals surface area contributed by atoms with Gasteiger partial charge in [-0.1, -0.05) is 26.0 Å². The summed E-state index contributed by atoms with van der Waals surface area (Å²) in [5.41, 5.74) is 1.83. The van der Waals surface area contributed by atoms with Crippen LogP contribution in [0, 0.1) is 5.82 Å². The van der Waals surface area contributed by atoms with E-state index >= 15 is 0 Å². The van der Waals surface area contributed by atoms with E-state index in [9.17, 15) is 18.8 Å². The monoisotopic (exact) mass is 475 g/mol. The smallest absolute Gasteiger partial charge is 0.335 e. The van der Waals surface area contributed by atoms with E-state index in [0.717, 1.165) is 29.2 Å². The van der Waals surface area contributed by atoms with E-state index in [1.54, 1.807) is 12.1 Å². The molecule has 2 heterocycles. The van der Waals surface area contributed by atoms with Gasteiger partial charge in [0, 0.05) is 11.9 Å². The number of carbonyl (C=O) groups is 3. The largest absolute Gasteiger partial charge is 0.492 e. The second-order valence-corrected chi connectivity index (χ2v) is 8.29. The topological polar surface area (TPSA) is 80.6 Å². The minimum atomic E-state index is -0.883. The van der Waals surface area contributed by atoms with E-state index in [-0.39, 0.29) is 11.3 Å². The van der Waals surface area contributed by atoms with Crippen molar-refractivity contribution in [1.29, 1.82) is 0 Å². The molecule has 0 unspecified atom stereocenters. The van der Waals surface area contributed by atoms with Gasteiger partial charge < -0.3 is 9.30 Å². The Bertz CT molecular complexity index is 1260. The number of carbonyl (C=O) groups excluding carboxylic acids is 3. The van der Waals surface area contributed by atoms with E-state index < -0.39 is 23.7 Å². The molecule has 180 valence electrons. The number of urea groups is 1. The summed E-state index contributed by atoms with van der Waals surface area (Å²) in [6.45, 7) is 5.20. The second-order valence-electron chi connectivity index (χ2n) is 8.29. The van der Waals surface area contributed by atoms with E-state index in [2.05, 4.69) is 31.3 Å². The number of barbiturate groups is 1. The van der Waals surface area contributed by atoms with Crippen molar-refractivity contribution in [2.24, 2.45) is 0 Å². The van der Waals surface area contributed by atoms with Gasteiger partial charge in [0.05, 0.1) is 12.2 Å². The number of nitrogens with zero attached hydrogens (tertiary/aromatic N) is 2. The van der Waals surface area contributed by atoms with E-state index in [1.165, 1.54) is 23.8 Å². The summed E-state index contributed by atoms with van der Waals surface area (Å²) in [6.07, 6.45) is 4.32. The number of amides is 4. The lowest BCUT2D eigenvalue weighted by Crippen LogP contribution is -2.54. The maximum Gasteiger partial charge on any atom is 0.335 e. The van der Waals surface area contributed by atoms with Crippen molar-refractivity contribution < 1.29 is 23.5 Å². The lowest BCUT2D eigenvalue weighted by molar-refractivity contribution is -0.122. The molecule has 1 aliphatic rings. The van der Waals surface area contributed by atoms with Crippen LogP contribution in [-0.4, -0.2) is 29.0 Å². The Morgan fingerprint density at radius 1 is 1.03 bits per heavy atom. The number of hydrogen-bond donors (Lipinski definition) is 1. The lowest BCUT2D eigenvalue weighted by atomic mass is 9.99. The minimum Gasteiger partial charge on any atom is -0.492 e. The van der Waals surface area contributed by atoms with Gasteiger partial charge in [0.15, 0.2) is 0 Å². The van der Waals surface area contributed by atoms with Crippen molar-refractivity contribution in [3.05, 3.63) is 89.5 Å². The maximum absolute atomic E-state index is 13.3. The van der Waals surface area contributed by atoms with Gasteiger partial charge in [-0.3, -0.25) is 14.9 Å². The summed E-state index contributed by atoms with van der Waals surface area (Å²) in [7, 11) is 0. The Labute approximate surface area is 202 Å². The number of nitrogens with one attached hydrogen (secondary N) is 1. The zero-order chi connectivity index (χ0) is 24.9. The second kappa shape index (κ2) is 10.4. The molecule has 4 amide bonds. The molecule has 1 atom stereocenters. The Kier molecular flexibility index (Phi) is 7.10. The highest BCUT2D eigenvalue weighted by molar-refractivity contribution is 6.39. The van der Waals surface area contributed by atoms with Crippen LogP contribution in [-0.2, 0) is 16.1 Å². The normalized spacial score (nSPS) is 15.9. The van der Waals surface area contributed by atoms with Crippen LogP contribution in [0.4, 0.5) is 14.9 Å². The summed E-state index contributed by atoms with van der Waals surface area (Å²) in [4.78, 5) is 38.6. The molecule has 7 nitrogen and oxygen atoms in total. The number of benzene rings is 2. The molecular weight excluding hydrogens is 449 g/mol. The zero-order valence-corrected chi connectivity index (χ0v) is 19.5. The van der Waals surface area contributed by atoms with Crippen LogP contribution in [0.1, 0.15) is 37.4 Å². The van der Waals surface area contributed by atoms with Gasteiger partial charge in [0.25, 0.3) is 11.8 Å². The van der Waals surface area contributed by atoms with Crippen LogP contribution in [0.3, 0.4) is 0 Å². The van der Waals surface area contributed by atoms with Crippen molar-refractivity contribution >= 4 is 29.6 Å². The molecular formula is C27H26FN3O4. The molecule has 8 heteroatoms. The molecule has 1 N–H and O–H groups in total. The molecule has 3 aromatic rings. The van der Waals surface area contributed by atoms with Gasteiger partial charge in [-0.15, -0.1) is 0 Å². The number of rotatable bonds is 8. The van der Waals surface area contributed by atoms with Crippen LogP contribution >= 0.6 is 0 Å². The first-order chi connectivity index (χ1) is 16.9. The maximum atomic E-state index is 13.3. The highest BCUT2D eigenvalue weighted by Crippen LogP contribution is 2.23. The minimum absolute atomic E-state index is 0.162. The number of hydrogen-bond acceptors (Lipinski definition) is 4. The first-order valence-corrected chi connectivity index (χ1v) is 11.4.